The average molecular weight is 603 g/mol. The molecule has 0 spiro atoms. The highest BCUT2D eigenvalue weighted by Crippen LogP contribution is 2.30. The van der Waals surface area contributed by atoms with Crippen LogP contribution in [0.5, 0.6) is 0 Å². The third-order valence-electron chi connectivity index (χ3n) is 7.88. The zero-order valence-corrected chi connectivity index (χ0v) is 23.7. The molecule has 0 aliphatic heterocycles. The first kappa shape index (κ1) is 34.9. The molecule has 0 heterocycles. The fraction of sp³-hybridized carbons (Fsp3) is 0.769. The summed E-state index contributed by atoms with van der Waals surface area (Å²) < 4.78 is 15.0. The first-order valence-corrected chi connectivity index (χ1v) is 14.0. The largest absolute Gasteiger partial charge is 0.480 e. The van der Waals surface area contributed by atoms with E-state index in [0.717, 1.165) is 25.7 Å². The molecule has 0 aromatic heterocycles. The molecule has 2 rings (SSSR count). The number of rotatable bonds is 22. The molecule has 0 aromatic carbocycles. The second-order valence-electron chi connectivity index (χ2n) is 10.5. The van der Waals surface area contributed by atoms with Crippen molar-refractivity contribution in [1.82, 2.24) is 19.6 Å². The minimum atomic E-state index is -1.17. The van der Waals surface area contributed by atoms with Gasteiger partial charge in [-0.3, -0.25) is 43.5 Å². The van der Waals surface area contributed by atoms with Gasteiger partial charge in [-0.2, -0.15) is 0 Å². The molecule has 0 radical (unpaired) electrons. The lowest BCUT2D eigenvalue weighted by molar-refractivity contribution is -0.151. The number of aliphatic carboxylic acids is 3. The van der Waals surface area contributed by atoms with Crippen molar-refractivity contribution in [3.05, 3.63) is 0 Å². The van der Waals surface area contributed by atoms with Gasteiger partial charge in [0.15, 0.2) is 0 Å². The molecule has 0 amide bonds. The number of nitrogens with zero attached hydrogens (tertiary/aromatic N) is 4. The van der Waals surface area contributed by atoms with Crippen molar-refractivity contribution in [3.63, 3.8) is 0 Å². The summed E-state index contributed by atoms with van der Waals surface area (Å²) in [6, 6.07) is -1.37. The Morgan fingerprint density at radius 1 is 0.524 bits per heavy atom. The number of hydrogen-bond donors (Lipinski definition) is 3. The van der Waals surface area contributed by atoms with Crippen molar-refractivity contribution in [2.45, 2.75) is 75.5 Å². The summed E-state index contributed by atoms with van der Waals surface area (Å²) in [5, 5.41) is 28.6. The van der Waals surface area contributed by atoms with Crippen LogP contribution in [0, 0.1) is 0 Å². The Kier molecular flexibility index (Phi) is 15.7. The fourth-order valence-corrected chi connectivity index (χ4v) is 6.25. The summed E-state index contributed by atoms with van der Waals surface area (Å²) in [7, 11) is 0. The molecule has 238 valence electrons. The van der Waals surface area contributed by atoms with Gasteiger partial charge in [0.25, 0.3) is 19.4 Å². The van der Waals surface area contributed by atoms with E-state index < -0.39 is 43.1 Å². The quantitative estimate of drug-likeness (QED) is 0.0809. The Hall–Kier alpha value is -3.34. The van der Waals surface area contributed by atoms with Crippen molar-refractivity contribution in [1.29, 1.82) is 0 Å². The van der Waals surface area contributed by atoms with E-state index in [1.807, 2.05) is 4.90 Å². The lowest BCUT2D eigenvalue weighted by Gasteiger charge is -2.46. The molecule has 1 unspecified atom stereocenters. The Labute approximate surface area is 244 Å². The third-order valence-corrected chi connectivity index (χ3v) is 7.88. The first-order chi connectivity index (χ1) is 20.2. The van der Waals surface area contributed by atoms with Crippen LogP contribution in [-0.2, 0) is 43.0 Å². The van der Waals surface area contributed by atoms with Gasteiger partial charge in [-0.15, -0.1) is 0 Å². The van der Waals surface area contributed by atoms with Crippen molar-refractivity contribution in [2.75, 3.05) is 52.9 Å². The fourth-order valence-electron chi connectivity index (χ4n) is 6.25. The molecule has 16 heteroatoms. The number of carbonyl (C=O) groups excluding carboxylic acids is 3. The van der Waals surface area contributed by atoms with Gasteiger partial charge in [0.1, 0.15) is 20.2 Å². The number of carboxylic acids is 3. The van der Waals surface area contributed by atoms with E-state index in [9.17, 15) is 44.1 Å². The Morgan fingerprint density at radius 3 is 1.24 bits per heavy atom. The van der Waals surface area contributed by atoms with Crippen LogP contribution in [0.4, 0.5) is 0 Å². The zero-order valence-electron chi connectivity index (χ0n) is 23.7. The van der Waals surface area contributed by atoms with Gasteiger partial charge in [-0.25, -0.2) is 4.90 Å². The summed E-state index contributed by atoms with van der Waals surface area (Å²) in [6.45, 7) is -0.296. The van der Waals surface area contributed by atoms with E-state index in [-0.39, 0.29) is 51.9 Å². The van der Waals surface area contributed by atoms with Gasteiger partial charge in [0, 0.05) is 37.3 Å². The van der Waals surface area contributed by atoms with Crippen molar-refractivity contribution < 1.29 is 58.3 Å². The normalized spacial score (nSPS) is 22.6. The SMILES string of the molecule is O=COCN(CCN(CC(=O)O)C1CCCC[C@H]1N(CC(=O)O)CC(=O)O)[C@H]1CCCC[C@@H]1N(COC=O)COC=O. The summed E-state index contributed by atoms with van der Waals surface area (Å²) in [4.78, 5) is 74.6. The maximum atomic E-state index is 11.9. The molecule has 2 saturated carbocycles. The highest BCUT2D eigenvalue weighted by Gasteiger charge is 2.38. The lowest BCUT2D eigenvalue weighted by atomic mass is 9.87. The van der Waals surface area contributed by atoms with Crippen LogP contribution < -0.4 is 0 Å². The minimum Gasteiger partial charge on any atom is -0.480 e. The standard InChI is InChI=1S/C26H42N4O12/c31-17-40-14-28(21-6-2-4-8-23(21)30(15-41-18-32)16-42-19-33)10-9-27(11-24(34)35)20-5-1-3-7-22(20)29(12-25(36)37)13-26(38)39/h17-23H,1-16H2,(H,34,35)(H,36,37)(H,38,39)/t20?,21-,22+,23-/m0/s1. The maximum absolute atomic E-state index is 11.9. The number of carboxylic acid groups (broad SMARTS) is 3. The highest BCUT2D eigenvalue weighted by atomic mass is 16.6. The zero-order chi connectivity index (χ0) is 30.9. The van der Waals surface area contributed by atoms with Crippen LogP contribution in [0.2, 0.25) is 0 Å². The maximum Gasteiger partial charge on any atom is 0.317 e. The topological polar surface area (TPSA) is 204 Å². The van der Waals surface area contributed by atoms with Crippen LogP contribution in [0.3, 0.4) is 0 Å². The first-order valence-electron chi connectivity index (χ1n) is 14.0. The van der Waals surface area contributed by atoms with Crippen molar-refractivity contribution >= 4 is 37.3 Å². The van der Waals surface area contributed by atoms with E-state index in [1.165, 1.54) is 4.90 Å². The summed E-state index contributed by atoms with van der Waals surface area (Å²) in [6.07, 6.45) is 5.69. The minimum absolute atomic E-state index is 0.0965. The van der Waals surface area contributed by atoms with E-state index >= 15 is 0 Å². The third kappa shape index (κ3) is 11.5. The molecule has 0 aromatic rings. The van der Waals surface area contributed by atoms with Crippen LogP contribution >= 0.6 is 0 Å². The second kappa shape index (κ2) is 19.0. The van der Waals surface area contributed by atoms with Gasteiger partial charge in [-0.1, -0.05) is 25.7 Å². The summed E-state index contributed by atoms with van der Waals surface area (Å²) >= 11 is 0. The Morgan fingerprint density at radius 2 is 0.833 bits per heavy atom. The van der Waals surface area contributed by atoms with Gasteiger partial charge in [0.05, 0.1) is 19.6 Å². The Balaban J connectivity index is 2.31. The molecular formula is C26H42N4O12. The van der Waals surface area contributed by atoms with Crippen LogP contribution in [0.15, 0.2) is 0 Å². The molecule has 0 saturated heterocycles. The molecule has 3 N–H and O–H groups in total. The molecule has 2 fully saturated rings. The van der Waals surface area contributed by atoms with Crippen LogP contribution in [0.1, 0.15) is 51.4 Å². The van der Waals surface area contributed by atoms with Gasteiger partial charge in [-0.05, 0) is 25.7 Å². The highest BCUT2D eigenvalue weighted by molar-refractivity contribution is 5.72. The van der Waals surface area contributed by atoms with E-state index in [1.54, 1.807) is 9.80 Å². The molecule has 4 atom stereocenters. The van der Waals surface area contributed by atoms with Crippen molar-refractivity contribution in [3.8, 4) is 0 Å². The van der Waals surface area contributed by atoms with Crippen LogP contribution in [0.25, 0.3) is 0 Å². The molecular weight excluding hydrogens is 560 g/mol. The van der Waals surface area contributed by atoms with Gasteiger partial charge in [0.2, 0.25) is 0 Å². The summed E-state index contributed by atoms with van der Waals surface area (Å²) in [5.74, 6) is -3.43. The van der Waals surface area contributed by atoms with E-state index in [4.69, 9.17) is 14.2 Å². The number of ether oxygens (including phenoxy) is 3. The second-order valence-corrected chi connectivity index (χ2v) is 10.5. The Bertz CT molecular complexity index is 865. The lowest BCUT2D eigenvalue weighted by Crippen LogP contribution is -2.59. The molecule has 2 aliphatic carbocycles. The van der Waals surface area contributed by atoms with E-state index in [0.29, 0.717) is 45.1 Å². The summed E-state index contributed by atoms with van der Waals surface area (Å²) in [5.41, 5.74) is 0. The molecule has 0 bridgehead atoms. The van der Waals surface area contributed by atoms with E-state index in [2.05, 4.69) is 0 Å². The van der Waals surface area contributed by atoms with Crippen molar-refractivity contribution in [2.24, 2.45) is 0 Å². The van der Waals surface area contributed by atoms with Crippen LogP contribution in [-0.4, -0.2) is 149 Å². The smallest absolute Gasteiger partial charge is 0.317 e. The molecule has 16 nitrogen and oxygen atoms in total. The average Bonchev–Trinajstić information content (AvgIpc) is 2.96. The predicted molar refractivity (Wildman–Crippen MR) is 143 cm³/mol. The molecule has 42 heavy (non-hydrogen) atoms. The molecule has 2 aliphatic rings. The van der Waals surface area contributed by atoms with Gasteiger partial charge < -0.3 is 29.5 Å². The predicted octanol–water partition coefficient (Wildman–Crippen LogP) is -0.538. The van der Waals surface area contributed by atoms with Gasteiger partial charge >= 0.3 is 17.9 Å². The monoisotopic (exact) mass is 602 g/mol. The number of hydrogen-bond acceptors (Lipinski definition) is 13. The number of carbonyl (C=O) groups is 6.